The third-order valence-corrected chi connectivity index (χ3v) is 4.11. The SMILES string of the molecule is CCCN(C(=O)OC(C)(C)C)C1Cc2ccc(Br)cc2C1. The highest BCUT2D eigenvalue weighted by atomic mass is 79.9. The number of carbonyl (C=O) groups excluding carboxylic acids is 1. The Bertz CT molecular complexity index is 522. The fraction of sp³-hybridized carbons (Fsp3) is 0.588. The van der Waals surface area contributed by atoms with Crippen molar-refractivity contribution in [3.63, 3.8) is 0 Å². The van der Waals surface area contributed by atoms with Gasteiger partial charge in [0.05, 0.1) is 0 Å². The van der Waals surface area contributed by atoms with Crippen molar-refractivity contribution in [2.75, 3.05) is 6.54 Å². The number of amides is 1. The van der Waals surface area contributed by atoms with Gasteiger partial charge in [0.1, 0.15) is 5.60 Å². The highest BCUT2D eigenvalue weighted by Crippen LogP contribution is 2.29. The summed E-state index contributed by atoms with van der Waals surface area (Å²) in [5, 5.41) is 0. The molecule has 0 heterocycles. The summed E-state index contributed by atoms with van der Waals surface area (Å²) in [5.74, 6) is 0. The Balaban J connectivity index is 2.12. The van der Waals surface area contributed by atoms with Crippen molar-refractivity contribution < 1.29 is 9.53 Å². The van der Waals surface area contributed by atoms with E-state index in [4.69, 9.17) is 4.74 Å². The highest BCUT2D eigenvalue weighted by Gasteiger charge is 2.32. The lowest BCUT2D eigenvalue weighted by Gasteiger charge is -2.31. The molecule has 0 N–H and O–H groups in total. The Kier molecular flexibility index (Phi) is 4.97. The topological polar surface area (TPSA) is 29.5 Å². The quantitative estimate of drug-likeness (QED) is 0.796. The number of hydrogen-bond acceptors (Lipinski definition) is 2. The van der Waals surface area contributed by atoms with Crippen LogP contribution in [0.5, 0.6) is 0 Å². The second kappa shape index (κ2) is 6.39. The third-order valence-electron chi connectivity index (χ3n) is 3.61. The average Bonchev–Trinajstić information content (AvgIpc) is 2.75. The standard InChI is InChI=1S/C17H24BrNO2/c1-5-8-19(16(20)21-17(2,3)4)15-10-12-6-7-14(18)9-13(12)11-15/h6-7,9,15H,5,8,10-11H2,1-4H3. The van der Waals surface area contributed by atoms with Gasteiger partial charge >= 0.3 is 6.09 Å². The summed E-state index contributed by atoms with van der Waals surface area (Å²) < 4.78 is 6.66. The van der Waals surface area contributed by atoms with Crippen LogP contribution in [0, 0.1) is 0 Å². The first-order valence-electron chi connectivity index (χ1n) is 7.57. The number of carbonyl (C=O) groups is 1. The van der Waals surface area contributed by atoms with E-state index >= 15 is 0 Å². The van der Waals surface area contributed by atoms with Crippen molar-refractivity contribution in [2.24, 2.45) is 0 Å². The Labute approximate surface area is 135 Å². The molecule has 116 valence electrons. The molecular formula is C17H24BrNO2. The second-order valence-electron chi connectivity index (χ2n) is 6.65. The van der Waals surface area contributed by atoms with Crippen LogP contribution < -0.4 is 0 Å². The molecule has 0 spiro atoms. The predicted molar refractivity (Wildman–Crippen MR) is 88.6 cm³/mol. The van der Waals surface area contributed by atoms with Gasteiger partial charge in [0.15, 0.2) is 0 Å². The van der Waals surface area contributed by atoms with E-state index in [1.54, 1.807) is 0 Å². The maximum Gasteiger partial charge on any atom is 0.410 e. The summed E-state index contributed by atoms with van der Waals surface area (Å²) in [6, 6.07) is 6.59. The molecule has 1 amide bonds. The van der Waals surface area contributed by atoms with Crippen LogP contribution in [0.1, 0.15) is 45.2 Å². The molecule has 1 unspecified atom stereocenters. The predicted octanol–water partition coefficient (Wildman–Crippen LogP) is 4.56. The van der Waals surface area contributed by atoms with Crippen LogP contribution in [0.4, 0.5) is 4.79 Å². The summed E-state index contributed by atoms with van der Waals surface area (Å²) in [5.41, 5.74) is 2.23. The number of rotatable bonds is 3. The van der Waals surface area contributed by atoms with Crippen molar-refractivity contribution in [1.82, 2.24) is 4.90 Å². The van der Waals surface area contributed by atoms with E-state index in [-0.39, 0.29) is 12.1 Å². The van der Waals surface area contributed by atoms with E-state index < -0.39 is 5.60 Å². The second-order valence-corrected chi connectivity index (χ2v) is 7.56. The van der Waals surface area contributed by atoms with E-state index in [9.17, 15) is 4.79 Å². The Morgan fingerprint density at radius 2 is 2.00 bits per heavy atom. The molecule has 1 aromatic carbocycles. The van der Waals surface area contributed by atoms with Gasteiger partial charge in [-0.1, -0.05) is 28.9 Å². The number of ether oxygens (including phenoxy) is 1. The van der Waals surface area contributed by atoms with Gasteiger partial charge in [-0.25, -0.2) is 4.79 Å². The van der Waals surface area contributed by atoms with Gasteiger partial charge in [-0.05, 0) is 63.3 Å². The molecule has 1 atom stereocenters. The molecule has 1 aromatic rings. The van der Waals surface area contributed by atoms with Crippen LogP contribution in [-0.2, 0) is 17.6 Å². The summed E-state index contributed by atoms with van der Waals surface area (Å²) in [6.07, 6.45) is 2.58. The zero-order valence-corrected chi connectivity index (χ0v) is 14.9. The number of nitrogens with zero attached hydrogens (tertiary/aromatic N) is 1. The van der Waals surface area contributed by atoms with Crippen molar-refractivity contribution >= 4 is 22.0 Å². The van der Waals surface area contributed by atoms with Crippen molar-refractivity contribution in [3.8, 4) is 0 Å². The molecule has 0 saturated carbocycles. The van der Waals surface area contributed by atoms with Crippen LogP contribution in [0.2, 0.25) is 0 Å². The van der Waals surface area contributed by atoms with E-state index in [0.717, 1.165) is 30.3 Å². The minimum Gasteiger partial charge on any atom is -0.444 e. The Hall–Kier alpha value is -1.03. The van der Waals surface area contributed by atoms with Gasteiger partial charge in [-0.2, -0.15) is 0 Å². The smallest absolute Gasteiger partial charge is 0.410 e. The first-order valence-corrected chi connectivity index (χ1v) is 8.36. The molecule has 2 rings (SSSR count). The molecule has 0 bridgehead atoms. The van der Waals surface area contributed by atoms with E-state index in [2.05, 4.69) is 41.1 Å². The minimum absolute atomic E-state index is 0.193. The molecule has 0 aliphatic heterocycles. The molecule has 3 nitrogen and oxygen atoms in total. The number of benzene rings is 1. The van der Waals surface area contributed by atoms with Crippen molar-refractivity contribution in [2.45, 2.75) is 58.6 Å². The fourth-order valence-electron chi connectivity index (χ4n) is 2.77. The summed E-state index contributed by atoms with van der Waals surface area (Å²) in [6.45, 7) is 8.57. The molecule has 4 heteroatoms. The zero-order valence-electron chi connectivity index (χ0n) is 13.3. The molecule has 0 aromatic heterocycles. The lowest BCUT2D eigenvalue weighted by molar-refractivity contribution is 0.0169. The molecule has 1 aliphatic carbocycles. The summed E-state index contributed by atoms with van der Waals surface area (Å²) in [4.78, 5) is 14.4. The Morgan fingerprint density at radius 3 is 2.62 bits per heavy atom. The molecule has 1 aliphatic rings. The van der Waals surface area contributed by atoms with Crippen LogP contribution in [-0.4, -0.2) is 29.2 Å². The fourth-order valence-corrected chi connectivity index (χ4v) is 3.18. The monoisotopic (exact) mass is 353 g/mol. The van der Waals surface area contributed by atoms with Gasteiger partial charge in [0.2, 0.25) is 0 Å². The number of halogens is 1. The van der Waals surface area contributed by atoms with Crippen LogP contribution in [0.3, 0.4) is 0 Å². The molecular weight excluding hydrogens is 330 g/mol. The number of fused-ring (bicyclic) bond motifs is 1. The van der Waals surface area contributed by atoms with Crippen molar-refractivity contribution in [3.05, 3.63) is 33.8 Å². The van der Waals surface area contributed by atoms with E-state index in [0.29, 0.717) is 0 Å². The molecule has 21 heavy (non-hydrogen) atoms. The largest absolute Gasteiger partial charge is 0.444 e. The Morgan fingerprint density at radius 1 is 1.33 bits per heavy atom. The van der Waals surface area contributed by atoms with Gasteiger partial charge in [0.25, 0.3) is 0 Å². The maximum absolute atomic E-state index is 12.4. The van der Waals surface area contributed by atoms with E-state index in [1.165, 1.54) is 11.1 Å². The normalized spacial score (nSPS) is 17.5. The lowest BCUT2D eigenvalue weighted by atomic mass is 10.1. The van der Waals surface area contributed by atoms with Gasteiger partial charge in [0, 0.05) is 17.1 Å². The molecule has 0 saturated heterocycles. The van der Waals surface area contributed by atoms with Crippen LogP contribution >= 0.6 is 15.9 Å². The first kappa shape index (κ1) is 16.3. The molecule has 0 fully saturated rings. The zero-order chi connectivity index (χ0) is 15.6. The van der Waals surface area contributed by atoms with Crippen LogP contribution in [0.15, 0.2) is 22.7 Å². The maximum atomic E-state index is 12.4. The number of hydrogen-bond donors (Lipinski definition) is 0. The third kappa shape index (κ3) is 4.22. The first-order chi connectivity index (χ1) is 9.80. The van der Waals surface area contributed by atoms with Gasteiger partial charge in [-0.15, -0.1) is 0 Å². The van der Waals surface area contributed by atoms with Crippen LogP contribution in [0.25, 0.3) is 0 Å². The van der Waals surface area contributed by atoms with E-state index in [1.807, 2.05) is 25.7 Å². The van der Waals surface area contributed by atoms with Gasteiger partial charge in [-0.3, -0.25) is 0 Å². The minimum atomic E-state index is -0.447. The summed E-state index contributed by atoms with van der Waals surface area (Å²) in [7, 11) is 0. The highest BCUT2D eigenvalue weighted by molar-refractivity contribution is 9.10. The molecule has 0 radical (unpaired) electrons. The summed E-state index contributed by atoms with van der Waals surface area (Å²) >= 11 is 3.52. The van der Waals surface area contributed by atoms with Gasteiger partial charge < -0.3 is 9.64 Å². The van der Waals surface area contributed by atoms with Crippen molar-refractivity contribution in [1.29, 1.82) is 0 Å². The average molecular weight is 354 g/mol. The lowest BCUT2D eigenvalue weighted by Crippen LogP contribution is -2.44.